The molecule has 0 saturated heterocycles. The fraction of sp³-hybridized carbons (Fsp3) is 0.286. The van der Waals surface area contributed by atoms with E-state index >= 15 is 0 Å². The van der Waals surface area contributed by atoms with Gasteiger partial charge in [-0.05, 0) is 6.42 Å². The molecule has 0 radical (unpaired) electrons. The summed E-state index contributed by atoms with van der Waals surface area (Å²) in [5.74, 6) is 0. The van der Waals surface area contributed by atoms with E-state index in [2.05, 4.69) is 11.6 Å². The molecule has 3 heteroatoms. The fourth-order valence-electron chi connectivity index (χ4n) is 0.665. The normalized spacial score (nSPS) is 12.9. The van der Waals surface area contributed by atoms with Gasteiger partial charge >= 0.3 is 0 Å². The maximum absolute atomic E-state index is 9.28. The van der Waals surface area contributed by atoms with Crippen molar-refractivity contribution < 1.29 is 5.11 Å². The van der Waals surface area contributed by atoms with Crippen LogP contribution in [0.2, 0.25) is 0 Å². The Morgan fingerprint density at radius 3 is 3.20 bits per heavy atom. The summed E-state index contributed by atoms with van der Waals surface area (Å²) in [6, 6.07) is 0. The standard InChI is InChI=1S/C7H9NOS/c1-2-3-7(9)6-4-10-5-8-6/h2,4-5,7,9H,1,3H2. The molecular weight excluding hydrogens is 146 g/mol. The molecule has 0 aliphatic heterocycles. The van der Waals surface area contributed by atoms with Crippen LogP contribution in [0.5, 0.6) is 0 Å². The number of hydrogen-bond donors (Lipinski definition) is 1. The number of nitrogens with zero attached hydrogens (tertiary/aromatic N) is 1. The molecule has 1 aromatic rings. The maximum atomic E-state index is 9.28. The van der Waals surface area contributed by atoms with Crippen LogP contribution in [-0.4, -0.2) is 10.1 Å². The lowest BCUT2D eigenvalue weighted by Gasteiger charge is -2.01. The molecule has 2 nitrogen and oxygen atoms in total. The van der Waals surface area contributed by atoms with Crippen molar-refractivity contribution in [3.8, 4) is 0 Å². The smallest absolute Gasteiger partial charge is 0.100 e. The predicted octanol–water partition coefficient (Wildman–Crippen LogP) is 1.75. The molecule has 0 saturated carbocycles. The van der Waals surface area contributed by atoms with Crippen LogP contribution in [0.15, 0.2) is 23.5 Å². The number of thiazole rings is 1. The molecule has 0 aliphatic rings. The number of aromatic nitrogens is 1. The van der Waals surface area contributed by atoms with Crippen molar-refractivity contribution in [3.63, 3.8) is 0 Å². The first-order valence-electron chi connectivity index (χ1n) is 3.01. The molecule has 0 aromatic carbocycles. The zero-order valence-corrected chi connectivity index (χ0v) is 6.34. The summed E-state index contributed by atoms with van der Waals surface area (Å²) < 4.78 is 0. The van der Waals surface area contributed by atoms with Gasteiger partial charge in [0, 0.05) is 5.38 Å². The lowest BCUT2D eigenvalue weighted by molar-refractivity contribution is 0.177. The summed E-state index contributed by atoms with van der Waals surface area (Å²) in [6.07, 6.45) is 1.79. The first-order valence-corrected chi connectivity index (χ1v) is 3.96. The van der Waals surface area contributed by atoms with Gasteiger partial charge in [-0.1, -0.05) is 6.08 Å². The van der Waals surface area contributed by atoms with Crippen molar-refractivity contribution in [2.24, 2.45) is 0 Å². The van der Waals surface area contributed by atoms with Gasteiger partial charge in [0.15, 0.2) is 0 Å². The molecule has 1 aromatic heterocycles. The maximum Gasteiger partial charge on any atom is 0.100 e. The van der Waals surface area contributed by atoms with Crippen molar-refractivity contribution >= 4 is 11.3 Å². The lowest BCUT2D eigenvalue weighted by Crippen LogP contribution is -1.94. The van der Waals surface area contributed by atoms with Crippen molar-refractivity contribution in [2.75, 3.05) is 0 Å². The number of aliphatic hydroxyl groups excluding tert-OH is 1. The second kappa shape index (κ2) is 3.49. The van der Waals surface area contributed by atoms with E-state index in [0.717, 1.165) is 5.69 Å². The Balaban J connectivity index is 2.58. The predicted molar refractivity (Wildman–Crippen MR) is 41.9 cm³/mol. The van der Waals surface area contributed by atoms with Crippen LogP contribution in [0.1, 0.15) is 18.2 Å². The highest BCUT2D eigenvalue weighted by atomic mass is 32.1. The van der Waals surface area contributed by atoms with Crippen molar-refractivity contribution in [1.29, 1.82) is 0 Å². The second-order valence-corrected chi connectivity index (χ2v) is 2.67. The SMILES string of the molecule is C=CCC(O)c1cscn1. The van der Waals surface area contributed by atoms with E-state index in [1.807, 2.05) is 5.38 Å². The van der Waals surface area contributed by atoms with E-state index in [-0.39, 0.29) is 0 Å². The molecule has 0 bridgehead atoms. The summed E-state index contributed by atoms with van der Waals surface area (Å²) in [7, 11) is 0. The van der Waals surface area contributed by atoms with Gasteiger partial charge in [-0.25, -0.2) is 4.98 Å². The Morgan fingerprint density at radius 1 is 1.90 bits per heavy atom. The zero-order valence-electron chi connectivity index (χ0n) is 5.53. The zero-order chi connectivity index (χ0) is 7.40. The van der Waals surface area contributed by atoms with Gasteiger partial charge in [-0.2, -0.15) is 0 Å². The van der Waals surface area contributed by atoms with Crippen LogP contribution in [-0.2, 0) is 0 Å². The van der Waals surface area contributed by atoms with Crippen LogP contribution in [0.4, 0.5) is 0 Å². The number of hydrogen-bond acceptors (Lipinski definition) is 3. The molecule has 1 N–H and O–H groups in total. The molecule has 0 spiro atoms. The molecule has 1 rings (SSSR count). The average molecular weight is 155 g/mol. The van der Waals surface area contributed by atoms with Gasteiger partial charge in [-0.15, -0.1) is 17.9 Å². The third kappa shape index (κ3) is 1.65. The van der Waals surface area contributed by atoms with E-state index in [9.17, 15) is 5.11 Å². The molecule has 0 amide bonds. The first kappa shape index (κ1) is 7.44. The van der Waals surface area contributed by atoms with Gasteiger partial charge in [0.1, 0.15) is 6.10 Å². The lowest BCUT2D eigenvalue weighted by atomic mass is 10.2. The average Bonchev–Trinajstić information content (AvgIpc) is 2.38. The molecule has 10 heavy (non-hydrogen) atoms. The van der Waals surface area contributed by atoms with Crippen LogP contribution in [0, 0.1) is 0 Å². The van der Waals surface area contributed by atoms with Gasteiger partial charge in [0.2, 0.25) is 0 Å². The third-order valence-electron chi connectivity index (χ3n) is 1.18. The second-order valence-electron chi connectivity index (χ2n) is 1.95. The Labute approximate surface area is 63.9 Å². The summed E-state index contributed by atoms with van der Waals surface area (Å²) >= 11 is 1.49. The largest absolute Gasteiger partial charge is 0.386 e. The minimum Gasteiger partial charge on any atom is -0.386 e. The minimum absolute atomic E-state index is 0.469. The minimum atomic E-state index is -0.469. The topological polar surface area (TPSA) is 33.1 Å². The van der Waals surface area contributed by atoms with Gasteiger partial charge in [0.05, 0.1) is 11.2 Å². The summed E-state index contributed by atoms with van der Waals surface area (Å²) in [5, 5.41) is 11.1. The molecule has 1 heterocycles. The van der Waals surface area contributed by atoms with E-state index < -0.39 is 6.10 Å². The van der Waals surface area contributed by atoms with E-state index in [0.29, 0.717) is 6.42 Å². The number of rotatable bonds is 3. The Bertz CT molecular complexity index is 195. The molecule has 1 unspecified atom stereocenters. The third-order valence-corrected chi connectivity index (χ3v) is 1.79. The Hall–Kier alpha value is -0.670. The van der Waals surface area contributed by atoms with Crippen molar-refractivity contribution in [1.82, 2.24) is 4.98 Å². The van der Waals surface area contributed by atoms with Crippen molar-refractivity contribution in [3.05, 3.63) is 29.2 Å². The highest BCUT2D eigenvalue weighted by molar-refractivity contribution is 7.07. The van der Waals surface area contributed by atoms with Gasteiger partial charge < -0.3 is 5.11 Å². The van der Waals surface area contributed by atoms with Crippen molar-refractivity contribution in [2.45, 2.75) is 12.5 Å². The van der Waals surface area contributed by atoms with Crippen LogP contribution in [0.3, 0.4) is 0 Å². The van der Waals surface area contributed by atoms with Crippen LogP contribution >= 0.6 is 11.3 Å². The molecular formula is C7H9NOS. The van der Waals surface area contributed by atoms with Crippen LogP contribution < -0.4 is 0 Å². The monoisotopic (exact) mass is 155 g/mol. The highest BCUT2D eigenvalue weighted by Crippen LogP contribution is 2.15. The van der Waals surface area contributed by atoms with Gasteiger partial charge in [0.25, 0.3) is 0 Å². The fourth-order valence-corrected chi connectivity index (χ4v) is 1.27. The molecule has 0 fully saturated rings. The molecule has 1 atom stereocenters. The Kier molecular flexibility index (Phi) is 2.59. The quantitative estimate of drug-likeness (QED) is 0.674. The highest BCUT2D eigenvalue weighted by Gasteiger charge is 2.05. The molecule has 54 valence electrons. The van der Waals surface area contributed by atoms with E-state index in [1.165, 1.54) is 11.3 Å². The summed E-state index contributed by atoms with van der Waals surface area (Å²) in [5.41, 5.74) is 2.45. The number of aliphatic hydroxyl groups is 1. The van der Waals surface area contributed by atoms with E-state index in [1.54, 1.807) is 11.6 Å². The first-order chi connectivity index (χ1) is 4.84. The van der Waals surface area contributed by atoms with E-state index in [4.69, 9.17) is 0 Å². The summed E-state index contributed by atoms with van der Waals surface area (Å²) in [6.45, 7) is 3.53. The summed E-state index contributed by atoms with van der Waals surface area (Å²) in [4.78, 5) is 3.96. The van der Waals surface area contributed by atoms with Gasteiger partial charge in [-0.3, -0.25) is 0 Å². The Morgan fingerprint density at radius 2 is 2.70 bits per heavy atom. The van der Waals surface area contributed by atoms with Crippen LogP contribution in [0.25, 0.3) is 0 Å². The molecule has 0 aliphatic carbocycles.